The largest absolute Gasteiger partial charge is 3.00 e. The van der Waals surface area contributed by atoms with Crippen LogP contribution in [0.15, 0.2) is 0 Å². The maximum Gasteiger partial charge on any atom is 3.00 e. The molecule has 0 spiro atoms. The first kappa shape index (κ1) is 16.5. The van der Waals surface area contributed by atoms with Crippen LogP contribution < -0.4 is 31.9 Å². The fourth-order valence-electron chi connectivity index (χ4n) is 0.427. The van der Waals surface area contributed by atoms with Crippen molar-refractivity contribution in [2.45, 2.75) is 0 Å². The summed E-state index contributed by atoms with van der Waals surface area (Å²) >= 11 is 0. The Labute approximate surface area is 94.9 Å². The Morgan fingerprint density at radius 1 is 0.867 bits per heavy atom. The molecule has 0 amide bonds. The number of hydrogen-bond donors (Lipinski definition) is 3. The molecular formula is C3H6AlN6O4P. The van der Waals surface area contributed by atoms with Crippen LogP contribution in [0.2, 0.25) is 0 Å². The minimum absolute atomic E-state index is 0. The van der Waals surface area contributed by atoms with E-state index in [1.165, 1.54) is 0 Å². The Morgan fingerprint density at radius 2 is 1.00 bits per heavy atom. The second kappa shape index (κ2) is 6.52. The molecule has 10 nitrogen and oxygen atoms in total. The molecule has 0 aromatic carbocycles. The van der Waals surface area contributed by atoms with Crippen LogP contribution in [-0.2, 0) is 4.57 Å². The van der Waals surface area contributed by atoms with E-state index in [0.29, 0.717) is 0 Å². The zero-order valence-electron chi connectivity index (χ0n) is 7.23. The molecule has 0 saturated heterocycles. The van der Waals surface area contributed by atoms with Gasteiger partial charge in [-0.25, -0.2) is 0 Å². The summed E-state index contributed by atoms with van der Waals surface area (Å²) in [4.78, 5) is 36.1. The van der Waals surface area contributed by atoms with Crippen molar-refractivity contribution in [3.63, 3.8) is 0 Å². The van der Waals surface area contributed by atoms with Crippen molar-refractivity contribution in [3.05, 3.63) is 0 Å². The molecule has 6 N–H and O–H groups in total. The molecule has 1 heterocycles. The number of phosphoric acid groups is 1. The standard InChI is InChI=1S/C3H6N6.Al.H3O4P/c4-1-7-2(5)9-3(6)8-1;;1-5(2,3)4/h(H6,4,5,6,7,8,9);;(H3,1,2,3,4)/q;+3;/p-3. The van der Waals surface area contributed by atoms with Crippen LogP contribution in [0.3, 0.4) is 0 Å². The summed E-state index contributed by atoms with van der Waals surface area (Å²) in [6.45, 7) is 0. The first-order valence-corrected chi connectivity index (χ1v) is 4.40. The van der Waals surface area contributed by atoms with Gasteiger partial charge in [0.25, 0.3) is 0 Å². The molecule has 0 aliphatic carbocycles. The van der Waals surface area contributed by atoms with E-state index in [0.717, 1.165) is 0 Å². The topological polar surface area (TPSA) is 203 Å². The molecule has 12 heteroatoms. The molecule has 0 aliphatic rings. The number of rotatable bonds is 0. The number of nitrogens with two attached hydrogens (primary N) is 3. The van der Waals surface area contributed by atoms with Crippen molar-refractivity contribution >= 4 is 43.0 Å². The minimum atomic E-state index is -5.39. The summed E-state index contributed by atoms with van der Waals surface area (Å²) in [5.74, 6) is 0.125. The molecule has 80 valence electrons. The molecule has 0 saturated carbocycles. The van der Waals surface area contributed by atoms with Crippen LogP contribution in [0, 0.1) is 0 Å². The van der Waals surface area contributed by atoms with Crippen molar-refractivity contribution in [1.29, 1.82) is 0 Å². The average Bonchev–Trinajstić information content (AvgIpc) is 1.77. The Hall–Kier alpha value is -0.948. The van der Waals surface area contributed by atoms with Crippen molar-refractivity contribution < 1.29 is 19.2 Å². The predicted octanol–water partition coefficient (Wildman–Crippen LogP) is -4.59. The van der Waals surface area contributed by atoms with Crippen molar-refractivity contribution in [3.8, 4) is 0 Å². The SMILES string of the molecule is Nc1nc(N)nc(N)n1.O=P([O-])([O-])[O-].[Al+3]. The predicted molar refractivity (Wildman–Crippen MR) is 46.4 cm³/mol. The second-order valence-electron chi connectivity index (χ2n) is 1.86. The molecule has 0 unspecified atom stereocenters. The zero-order chi connectivity index (χ0) is 11.4. The van der Waals surface area contributed by atoms with Gasteiger partial charge in [-0.15, -0.1) is 0 Å². The van der Waals surface area contributed by atoms with Gasteiger partial charge in [-0.1, -0.05) is 0 Å². The fraction of sp³-hybridized carbons (Fsp3) is 0. The minimum Gasteiger partial charge on any atom is -0.822 e. The maximum atomic E-state index is 8.55. The molecule has 1 rings (SSSR count). The van der Waals surface area contributed by atoms with Gasteiger partial charge in [0.15, 0.2) is 0 Å². The van der Waals surface area contributed by atoms with Crippen LogP contribution >= 0.6 is 7.82 Å². The van der Waals surface area contributed by atoms with Crippen LogP contribution in [0.5, 0.6) is 0 Å². The number of hydrogen-bond acceptors (Lipinski definition) is 10. The van der Waals surface area contributed by atoms with Gasteiger partial charge in [-0.05, 0) is 0 Å². The molecule has 0 atom stereocenters. The second-order valence-corrected chi connectivity index (χ2v) is 2.75. The van der Waals surface area contributed by atoms with E-state index < -0.39 is 7.82 Å². The van der Waals surface area contributed by atoms with E-state index >= 15 is 0 Å². The van der Waals surface area contributed by atoms with Gasteiger partial charge in [0, 0.05) is 0 Å². The molecule has 0 aliphatic heterocycles. The summed E-state index contributed by atoms with van der Waals surface area (Å²) in [6.07, 6.45) is 0. The third kappa shape index (κ3) is 13.1. The first-order valence-electron chi connectivity index (χ1n) is 2.94. The van der Waals surface area contributed by atoms with E-state index in [1.807, 2.05) is 0 Å². The van der Waals surface area contributed by atoms with E-state index in [1.54, 1.807) is 0 Å². The summed E-state index contributed by atoms with van der Waals surface area (Å²) in [7, 11) is -5.39. The molecule has 0 radical (unpaired) electrons. The van der Waals surface area contributed by atoms with Gasteiger partial charge in [-0.3, -0.25) is 0 Å². The van der Waals surface area contributed by atoms with Gasteiger partial charge in [0.1, 0.15) is 0 Å². The van der Waals surface area contributed by atoms with Crippen molar-refractivity contribution in [1.82, 2.24) is 15.0 Å². The zero-order valence-corrected chi connectivity index (χ0v) is 9.28. The van der Waals surface area contributed by atoms with Gasteiger partial charge in [0.2, 0.25) is 17.8 Å². The summed E-state index contributed by atoms with van der Waals surface area (Å²) in [5, 5.41) is 0. The number of nitrogen functional groups attached to an aromatic ring is 3. The molecule has 1 aromatic rings. The fourth-order valence-corrected chi connectivity index (χ4v) is 0.427. The molecule has 15 heavy (non-hydrogen) atoms. The normalized spacial score (nSPS) is 9.53. The van der Waals surface area contributed by atoms with Crippen molar-refractivity contribution in [2.75, 3.05) is 17.2 Å². The van der Waals surface area contributed by atoms with Crippen LogP contribution in [0.1, 0.15) is 0 Å². The van der Waals surface area contributed by atoms with Crippen LogP contribution in [0.25, 0.3) is 0 Å². The summed E-state index contributed by atoms with van der Waals surface area (Å²) in [6, 6.07) is 0. The average molecular weight is 248 g/mol. The number of anilines is 3. The quantitative estimate of drug-likeness (QED) is 0.296. The van der Waals surface area contributed by atoms with E-state index in [4.69, 9.17) is 36.4 Å². The van der Waals surface area contributed by atoms with Gasteiger partial charge >= 0.3 is 17.4 Å². The van der Waals surface area contributed by atoms with Gasteiger partial charge in [0.05, 0.1) is 0 Å². The third-order valence-electron chi connectivity index (χ3n) is 0.687. The molecule has 1 aromatic heterocycles. The smallest absolute Gasteiger partial charge is 0.822 e. The monoisotopic (exact) mass is 248 g/mol. The first-order chi connectivity index (χ1) is 6.18. The molecular weight excluding hydrogens is 242 g/mol. The van der Waals surface area contributed by atoms with Gasteiger partial charge < -0.3 is 36.4 Å². The number of nitrogens with zero attached hydrogens (tertiary/aromatic N) is 3. The van der Waals surface area contributed by atoms with E-state index in [-0.39, 0.29) is 35.2 Å². The molecule has 0 bridgehead atoms. The molecule has 0 fully saturated rings. The summed E-state index contributed by atoms with van der Waals surface area (Å²) in [5.41, 5.74) is 15.4. The number of aromatic nitrogens is 3. The Kier molecular flexibility index (Phi) is 7.16. The van der Waals surface area contributed by atoms with E-state index in [2.05, 4.69) is 15.0 Å². The van der Waals surface area contributed by atoms with Crippen LogP contribution in [0.4, 0.5) is 17.8 Å². The van der Waals surface area contributed by atoms with Crippen LogP contribution in [-0.4, -0.2) is 32.3 Å². The van der Waals surface area contributed by atoms with Crippen molar-refractivity contribution in [2.24, 2.45) is 0 Å². The van der Waals surface area contributed by atoms with Gasteiger partial charge in [-0.2, -0.15) is 22.8 Å². The maximum absolute atomic E-state index is 8.55. The third-order valence-corrected chi connectivity index (χ3v) is 0.687. The Bertz CT molecular complexity index is 297. The summed E-state index contributed by atoms with van der Waals surface area (Å²) < 4.78 is 8.55. The van der Waals surface area contributed by atoms with E-state index in [9.17, 15) is 0 Å². The Morgan fingerprint density at radius 3 is 1.13 bits per heavy atom. The Balaban J connectivity index is 0.